The standard InChI is InChI=1S/C27H42N4O8S/c1-7-9-20(23(33)30-40(37,38)19-12-13-19)28-24(34)22-10-8-15-31(22)25(35)21(14-11-18(32)16-17(2)3)29-26(36)39-27(4,5)6/h7,16,19-22H,1,8-15H2,2-6H3,(H,28,34)(H,29,36)(H,30,33)/t20-,21+,22+/m1/s1. The molecule has 3 N–H and O–H groups in total. The molecule has 224 valence electrons. The molecule has 0 radical (unpaired) electrons. The molecule has 1 aliphatic carbocycles. The third-order valence-electron chi connectivity index (χ3n) is 6.20. The zero-order valence-corrected chi connectivity index (χ0v) is 24.8. The molecule has 2 fully saturated rings. The van der Waals surface area contributed by atoms with E-state index in [1.54, 1.807) is 34.6 Å². The Balaban J connectivity index is 2.17. The van der Waals surface area contributed by atoms with E-state index in [0.717, 1.165) is 5.57 Å². The molecule has 0 aromatic carbocycles. The molecule has 1 aliphatic heterocycles. The predicted molar refractivity (Wildman–Crippen MR) is 148 cm³/mol. The van der Waals surface area contributed by atoms with Crippen molar-refractivity contribution < 1.29 is 37.1 Å². The van der Waals surface area contributed by atoms with Gasteiger partial charge in [-0.1, -0.05) is 11.6 Å². The van der Waals surface area contributed by atoms with E-state index in [0.29, 0.717) is 25.7 Å². The fourth-order valence-corrected chi connectivity index (χ4v) is 5.58. The predicted octanol–water partition coefficient (Wildman–Crippen LogP) is 1.86. The van der Waals surface area contributed by atoms with E-state index in [1.807, 2.05) is 4.72 Å². The van der Waals surface area contributed by atoms with Crippen LogP contribution < -0.4 is 15.4 Å². The van der Waals surface area contributed by atoms with Crippen LogP contribution in [0.1, 0.15) is 79.6 Å². The Labute approximate surface area is 236 Å². The van der Waals surface area contributed by atoms with Crippen LogP contribution in [0.5, 0.6) is 0 Å². The summed E-state index contributed by atoms with van der Waals surface area (Å²) in [6, 6.07) is -3.29. The summed E-state index contributed by atoms with van der Waals surface area (Å²) in [6.45, 7) is 12.4. The number of nitrogens with one attached hydrogen (secondary N) is 3. The summed E-state index contributed by atoms with van der Waals surface area (Å²) in [4.78, 5) is 65.6. The van der Waals surface area contributed by atoms with Gasteiger partial charge in [-0.05, 0) is 79.2 Å². The fourth-order valence-electron chi connectivity index (χ4n) is 4.23. The van der Waals surface area contributed by atoms with Gasteiger partial charge in [0.2, 0.25) is 21.8 Å². The molecular formula is C27H42N4O8S. The van der Waals surface area contributed by atoms with Gasteiger partial charge in [0.25, 0.3) is 5.91 Å². The van der Waals surface area contributed by atoms with Gasteiger partial charge in [-0.2, -0.15) is 0 Å². The summed E-state index contributed by atoms with van der Waals surface area (Å²) in [7, 11) is -3.82. The Morgan fingerprint density at radius 3 is 2.25 bits per heavy atom. The lowest BCUT2D eigenvalue weighted by Crippen LogP contribution is -2.56. The molecule has 40 heavy (non-hydrogen) atoms. The maximum Gasteiger partial charge on any atom is 0.408 e. The zero-order valence-electron chi connectivity index (χ0n) is 23.9. The molecule has 0 bridgehead atoms. The van der Waals surface area contributed by atoms with Gasteiger partial charge in [0.05, 0.1) is 5.25 Å². The van der Waals surface area contributed by atoms with E-state index in [2.05, 4.69) is 17.2 Å². The second-order valence-electron chi connectivity index (χ2n) is 11.4. The van der Waals surface area contributed by atoms with Crippen molar-refractivity contribution in [1.82, 2.24) is 20.3 Å². The van der Waals surface area contributed by atoms with E-state index in [1.165, 1.54) is 17.1 Å². The average molecular weight is 583 g/mol. The van der Waals surface area contributed by atoms with Crippen LogP contribution in [0.25, 0.3) is 0 Å². The van der Waals surface area contributed by atoms with Gasteiger partial charge in [-0.25, -0.2) is 13.2 Å². The Kier molecular flexibility index (Phi) is 11.5. The Morgan fingerprint density at radius 1 is 1.05 bits per heavy atom. The monoisotopic (exact) mass is 582 g/mol. The van der Waals surface area contributed by atoms with Crippen LogP contribution in [-0.4, -0.2) is 78.4 Å². The summed E-state index contributed by atoms with van der Waals surface area (Å²) < 4.78 is 31.8. The number of hydrogen-bond acceptors (Lipinski definition) is 8. The van der Waals surface area contributed by atoms with Crippen LogP contribution in [0.3, 0.4) is 0 Å². The number of hydrogen-bond donors (Lipinski definition) is 3. The Bertz CT molecular complexity index is 1130. The number of carbonyl (C=O) groups excluding carboxylic acids is 5. The van der Waals surface area contributed by atoms with Crippen LogP contribution >= 0.6 is 0 Å². The van der Waals surface area contributed by atoms with Crippen molar-refractivity contribution in [2.75, 3.05) is 6.54 Å². The zero-order chi connectivity index (χ0) is 30.3. The lowest BCUT2D eigenvalue weighted by atomic mass is 10.1. The van der Waals surface area contributed by atoms with Crippen molar-refractivity contribution in [3.8, 4) is 0 Å². The van der Waals surface area contributed by atoms with Crippen molar-refractivity contribution in [2.24, 2.45) is 0 Å². The molecule has 1 saturated heterocycles. The molecule has 0 spiro atoms. The molecule has 4 amide bonds. The number of sulfonamides is 1. The maximum absolute atomic E-state index is 13.6. The first-order chi connectivity index (χ1) is 18.5. The van der Waals surface area contributed by atoms with Crippen molar-refractivity contribution in [3.63, 3.8) is 0 Å². The number of allylic oxidation sites excluding steroid dienone is 2. The van der Waals surface area contributed by atoms with E-state index in [4.69, 9.17) is 4.74 Å². The number of alkyl carbamates (subject to hydrolysis) is 1. The normalized spacial score (nSPS) is 18.6. The molecule has 1 heterocycles. The Morgan fingerprint density at radius 2 is 1.70 bits per heavy atom. The van der Waals surface area contributed by atoms with Gasteiger partial charge >= 0.3 is 6.09 Å². The molecular weight excluding hydrogens is 540 g/mol. The molecule has 0 aromatic rings. The highest BCUT2D eigenvalue weighted by Gasteiger charge is 2.41. The largest absolute Gasteiger partial charge is 0.444 e. The quantitative estimate of drug-likeness (QED) is 0.218. The minimum absolute atomic E-state index is 0.00789. The van der Waals surface area contributed by atoms with E-state index in [-0.39, 0.29) is 31.6 Å². The highest BCUT2D eigenvalue weighted by atomic mass is 32.2. The third-order valence-corrected chi connectivity index (χ3v) is 8.03. The molecule has 2 aliphatic rings. The number of likely N-dealkylation sites (tertiary alicyclic amines) is 1. The van der Waals surface area contributed by atoms with Crippen molar-refractivity contribution in [3.05, 3.63) is 24.3 Å². The summed E-state index contributed by atoms with van der Waals surface area (Å²) in [5.74, 6) is -2.28. The van der Waals surface area contributed by atoms with Gasteiger partial charge < -0.3 is 20.3 Å². The number of ether oxygens (including phenoxy) is 1. The topological polar surface area (TPSA) is 168 Å². The molecule has 0 unspecified atom stereocenters. The van der Waals surface area contributed by atoms with Crippen LogP contribution in [0.15, 0.2) is 24.3 Å². The maximum atomic E-state index is 13.6. The lowest BCUT2D eigenvalue weighted by molar-refractivity contribution is -0.141. The molecule has 2 rings (SSSR count). The van der Waals surface area contributed by atoms with Gasteiger partial charge in [-0.3, -0.25) is 23.9 Å². The molecule has 13 heteroatoms. The number of amides is 4. The van der Waals surface area contributed by atoms with Gasteiger partial charge in [0.1, 0.15) is 23.7 Å². The molecule has 12 nitrogen and oxygen atoms in total. The van der Waals surface area contributed by atoms with Crippen LogP contribution in [0.2, 0.25) is 0 Å². The van der Waals surface area contributed by atoms with Crippen molar-refractivity contribution in [2.45, 2.75) is 109 Å². The van der Waals surface area contributed by atoms with Gasteiger partial charge in [0.15, 0.2) is 5.78 Å². The highest BCUT2D eigenvalue weighted by molar-refractivity contribution is 7.90. The Hall–Kier alpha value is -3.22. The van der Waals surface area contributed by atoms with E-state index < -0.39 is 62.8 Å². The summed E-state index contributed by atoms with van der Waals surface area (Å²) in [5.41, 5.74) is -0.0217. The number of nitrogens with zero attached hydrogens (tertiary/aromatic N) is 1. The summed E-state index contributed by atoms with van der Waals surface area (Å²) in [6.07, 6.45) is 3.70. The SMILES string of the molecule is C=CC[C@@H](NC(=O)[C@@H]1CCCN1C(=O)[C@H](CCC(=O)C=C(C)C)NC(=O)OC(C)(C)C)C(=O)NS(=O)(=O)C1CC1. The van der Waals surface area contributed by atoms with E-state index in [9.17, 15) is 32.4 Å². The summed E-state index contributed by atoms with van der Waals surface area (Å²) in [5, 5.41) is 4.48. The van der Waals surface area contributed by atoms with Gasteiger partial charge in [0, 0.05) is 13.0 Å². The first-order valence-electron chi connectivity index (χ1n) is 13.5. The third kappa shape index (κ3) is 10.4. The first kappa shape index (κ1) is 33.0. The average Bonchev–Trinajstić information content (AvgIpc) is 3.57. The highest BCUT2D eigenvalue weighted by Crippen LogP contribution is 2.27. The van der Waals surface area contributed by atoms with Crippen LogP contribution in [0.4, 0.5) is 4.79 Å². The molecule has 3 atom stereocenters. The number of rotatable bonds is 13. The van der Waals surface area contributed by atoms with Crippen LogP contribution in [0, 0.1) is 0 Å². The summed E-state index contributed by atoms with van der Waals surface area (Å²) >= 11 is 0. The number of carbonyl (C=O) groups is 5. The van der Waals surface area contributed by atoms with Crippen LogP contribution in [-0.2, 0) is 33.9 Å². The smallest absolute Gasteiger partial charge is 0.408 e. The minimum Gasteiger partial charge on any atom is -0.444 e. The van der Waals surface area contributed by atoms with Gasteiger partial charge in [-0.15, -0.1) is 6.58 Å². The number of ketones is 1. The lowest BCUT2D eigenvalue weighted by Gasteiger charge is -2.30. The van der Waals surface area contributed by atoms with Crippen molar-refractivity contribution in [1.29, 1.82) is 0 Å². The molecule has 1 saturated carbocycles. The second-order valence-corrected chi connectivity index (χ2v) is 13.4. The fraction of sp³-hybridized carbons (Fsp3) is 0.667. The molecule has 0 aromatic heterocycles. The van der Waals surface area contributed by atoms with Crippen molar-refractivity contribution >= 4 is 39.6 Å². The minimum atomic E-state index is -3.82. The second kappa shape index (κ2) is 13.9. The van der Waals surface area contributed by atoms with E-state index >= 15 is 0 Å². The first-order valence-corrected chi connectivity index (χ1v) is 15.0.